The second-order valence-electron chi connectivity index (χ2n) is 6.33. The summed E-state index contributed by atoms with van der Waals surface area (Å²) in [6.45, 7) is 6.26. The largest absolute Gasteiger partial charge is 0.384 e. The molecule has 1 N–H and O–H groups in total. The summed E-state index contributed by atoms with van der Waals surface area (Å²) in [6, 6.07) is 0.369. The number of aliphatic hydroxyl groups is 1. The molecule has 0 aliphatic heterocycles. The topological polar surface area (TPSA) is 71.2 Å². The van der Waals surface area contributed by atoms with Crippen molar-refractivity contribution in [3.8, 4) is 0 Å². The van der Waals surface area contributed by atoms with Crippen molar-refractivity contribution in [2.24, 2.45) is 0 Å². The molecule has 0 saturated heterocycles. The van der Waals surface area contributed by atoms with Gasteiger partial charge in [-0.15, -0.1) is 5.10 Å². The zero-order valence-electron chi connectivity index (χ0n) is 13.2. The Kier molecular flexibility index (Phi) is 4.98. The first kappa shape index (κ1) is 15.9. The van der Waals surface area contributed by atoms with Gasteiger partial charge in [0.25, 0.3) is 0 Å². The monoisotopic (exact) mass is 294 g/mol. The minimum Gasteiger partial charge on any atom is -0.384 e. The minimum absolute atomic E-state index is 0.0802. The molecule has 1 aromatic heterocycles. The molecule has 2 rings (SSSR count). The summed E-state index contributed by atoms with van der Waals surface area (Å²) in [4.78, 5) is 14.4. The number of likely N-dealkylation sites (N-methyl/N-ethyl adjacent to an activating group) is 1. The van der Waals surface area contributed by atoms with Crippen molar-refractivity contribution >= 4 is 5.91 Å². The van der Waals surface area contributed by atoms with Gasteiger partial charge in [0.2, 0.25) is 5.91 Å². The molecule has 1 saturated carbocycles. The average molecular weight is 294 g/mol. The number of hydrogen-bond donors (Lipinski definition) is 1. The number of rotatable bonds is 5. The van der Waals surface area contributed by atoms with Crippen LogP contribution in [0.2, 0.25) is 0 Å². The molecule has 118 valence electrons. The van der Waals surface area contributed by atoms with Gasteiger partial charge in [0.1, 0.15) is 17.8 Å². The molecule has 1 fully saturated rings. The zero-order chi connectivity index (χ0) is 15.5. The Morgan fingerprint density at radius 3 is 2.62 bits per heavy atom. The van der Waals surface area contributed by atoms with E-state index in [9.17, 15) is 9.90 Å². The number of aromatic nitrogens is 3. The van der Waals surface area contributed by atoms with Crippen LogP contribution in [-0.2, 0) is 16.9 Å². The molecule has 1 heterocycles. The van der Waals surface area contributed by atoms with Crippen molar-refractivity contribution in [3.05, 3.63) is 11.9 Å². The molecule has 1 aliphatic carbocycles. The number of amides is 1. The highest BCUT2D eigenvalue weighted by Gasteiger charge is 2.25. The van der Waals surface area contributed by atoms with Gasteiger partial charge in [-0.3, -0.25) is 4.79 Å². The Balaban J connectivity index is 2.00. The van der Waals surface area contributed by atoms with Crippen LogP contribution in [0.1, 0.15) is 58.6 Å². The van der Waals surface area contributed by atoms with E-state index in [2.05, 4.69) is 10.3 Å². The first-order chi connectivity index (χ1) is 9.91. The molecule has 0 spiro atoms. The molecule has 1 aromatic rings. The van der Waals surface area contributed by atoms with E-state index in [1.54, 1.807) is 20.0 Å². The first-order valence-electron chi connectivity index (χ1n) is 7.84. The molecule has 0 aromatic carbocycles. The third kappa shape index (κ3) is 4.03. The summed E-state index contributed by atoms with van der Waals surface area (Å²) in [5.74, 6) is 0.0802. The van der Waals surface area contributed by atoms with Gasteiger partial charge >= 0.3 is 0 Å². The predicted molar refractivity (Wildman–Crippen MR) is 79.5 cm³/mol. The molecule has 1 amide bonds. The maximum absolute atomic E-state index is 12.5. The molecule has 0 bridgehead atoms. The Hall–Kier alpha value is -1.43. The van der Waals surface area contributed by atoms with Gasteiger partial charge in [0.05, 0.1) is 6.20 Å². The third-order valence-corrected chi connectivity index (χ3v) is 4.14. The van der Waals surface area contributed by atoms with E-state index in [1.165, 1.54) is 23.9 Å². The van der Waals surface area contributed by atoms with Crippen LogP contribution in [0.5, 0.6) is 0 Å². The lowest BCUT2D eigenvalue weighted by atomic mass is 9.94. The molecule has 21 heavy (non-hydrogen) atoms. The standard InChI is InChI=1S/C15H26N4O2/c1-4-19(12-8-6-5-7-9-12)14(20)11-18-10-13(16-17-18)15(2,3)21/h10,12,21H,4-9,11H2,1-3H3. The van der Waals surface area contributed by atoms with Gasteiger partial charge in [-0.05, 0) is 33.6 Å². The van der Waals surface area contributed by atoms with Crippen molar-refractivity contribution in [1.29, 1.82) is 0 Å². The second kappa shape index (κ2) is 6.56. The van der Waals surface area contributed by atoms with E-state index in [1.807, 2.05) is 11.8 Å². The molecule has 0 unspecified atom stereocenters. The molecule has 1 aliphatic rings. The van der Waals surface area contributed by atoms with Crippen molar-refractivity contribution in [1.82, 2.24) is 19.9 Å². The summed E-state index contributed by atoms with van der Waals surface area (Å²) >= 11 is 0. The van der Waals surface area contributed by atoms with Crippen LogP contribution in [0, 0.1) is 0 Å². The first-order valence-corrected chi connectivity index (χ1v) is 7.84. The summed E-state index contributed by atoms with van der Waals surface area (Å²) < 4.78 is 1.52. The lowest BCUT2D eigenvalue weighted by molar-refractivity contribution is -0.134. The maximum atomic E-state index is 12.5. The van der Waals surface area contributed by atoms with E-state index in [-0.39, 0.29) is 12.5 Å². The highest BCUT2D eigenvalue weighted by atomic mass is 16.3. The second-order valence-corrected chi connectivity index (χ2v) is 6.33. The zero-order valence-corrected chi connectivity index (χ0v) is 13.2. The third-order valence-electron chi connectivity index (χ3n) is 4.14. The van der Waals surface area contributed by atoms with E-state index in [0.29, 0.717) is 11.7 Å². The van der Waals surface area contributed by atoms with Crippen LogP contribution in [0.4, 0.5) is 0 Å². The van der Waals surface area contributed by atoms with E-state index >= 15 is 0 Å². The van der Waals surface area contributed by atoms with Crippen LogP contribution in [0.25, 0.3) is 0 Å². The predicted octanol–water partition coefficient (Wildman–Crippen LogP) is 1.69. The number of carbonyl (C=O) groups is 1. The van der Waals surface area contributed by atoms with Crippen LogP contribution in [-0.4, -0.2) is 43.5 Å². The fourth-order valence-corrected chi connectivity index (χ4v) is 2.92. The van der Waals surface area contributed by atoms with Gasteiger partial charge in [-0.25, -0.2) is 4.68 Å². The number of nitrogens with zero attached hydrogens (tertiary/aromatic N) is 4. The normalized spacial score (nSPS) is 17.0. The van der Waals surface area contributed by atoms with E-state index in [0.717, 1.165) is 19.4 Å². The molecular weight excluding hydrogens is 268 g/mol. The quantitative estimate of drug-likeness (QED) is 0.897. The Morgan fingerprint density at radius 1 is 1.43 bits per heavy atom. The van der Waals surface area contributed by atoms with Gasteiger partial charge in [0.15, 0.2) is 0 Å². The molecular formula is C15H26N4O2. The smallest absolute Gasteiger partial charge is 0.244 e. The Morgan fingerprint density at radius 2 is 2.10 bits per heavy atom. The summed E-state index contributed by atoms with van der Waals surface area (Å²) in [5.41, 5.74) is -0.550. The average Bonchev–Trinajstić information content (AvgIpc) is 2.89. The molecule has 6 nitrogen and oxygen atoms in total. The van der Waals surface area contributed by atoms with Crippen LogP contribution >= 0.6 is 0 Å². The van der Waals surface area contributed by atoms with Gasteiger partial charge in [0, 0.05) is 12.6 Å². The van der Waals surface area contributed by atoms with Crippen molar-refractivity contribution in [2.75, 3.05) is 6.54 Å². The highest BCUT2D eigenvalue weighted by molar-refractivity contribution is 5.76. The van der Waals surface area contributed by atoms with Crippen LogP contribution in [0.15, 0.2) is 6.20 Å². The van der Waals surface area contributed by atoms with Crippen molar-refractivity contribution < 1.29 is 9.90 Å². The number of carbonyl (C=O) groups excluding carboxylic acids is 1. The van der Waals surface area contributed by atoms with E-state index < -0.39 is 5.60 Å². The summed E-state index contributed by atoms with van der Waals surface area (Å²) in [5, 5.41) is 17.8. The van der Waals surface area contributed by atoms with Gasteiger partial charge in [-0.1, -0.05) is 24.5 Å². The van der Waals surface area contributed by atoms with Crippen LogP contribution < -0.4 is 0 Å². The lowest BCUT2D eigenvalue weighted by Gasteiger charge is -2.33. The van der Waals surface area contributed by atoms with E-state index in [4.69, 9.17) is 0 Å². The summed E-state index contributed by atoms with van der Waals surface area (Å²) in [7, 11) is 0. The van der Waals surface area contributed by atoms with Crippen molar-refractivity contribution in [2.45, 2.75) is 71.1 Å². The molecule has 0 atom stereocenters. The minimum atomic E-state index is -1.03. The highest BCUT2D eigenvalue weighted by Crippen LogP contribution is 2.23. The SMILES string of the molecule is CCN(C(=O)Cn1cc(C(C)(C)O)nn1)C1CCCCC1. The molecule has 0 radical (unpaired) electrons. The fourth-order valence-electron chi connectivity index (χ4n) is 2.92. The van der Waals surface area contributed by atoms with Gasteiger partial charge in [-0.2, -0.15) is 0 Å². The Labute approximate surface area is 126 Å². The maximum Gasteiger partial charge on any atom is 0.244 e. The number of hydrogen-bond acceptors (Lipinski definition) is 4. The van der Waals surface area contributed by atoms with Crippen molar-refractivity contribution in [3.63, 3.8) is 0 Å². The van der Waals surface area contributed by atoms with Crippen LogP contribution in [0.3, 0.4) is 0 Å². The lowest BCUT2D eigenvalue weighted by Crippen LogP contribution is -2.43. The Bertz CT molecular complexity index is 472. The fraction of sp³-hybridized carbons (Fsp3) is 0.800. The van der Waals surface area contributed by atoms with Gasteiger partial charge < -0.3 is 10.0 Å². The summed E-state index contributed by atoms with van der Waals surface area (Å²) in [6.07, 6.45) is 7.55. The molecule has 6 heteroatoms.